The minimum atomic E-state index is -7.22. The lowest BCUT2D eigenvalue weighted by Gasteiger charge is -2.38. The van der Waals surface area contributed by atoms with E-state index in [1.54, 1.807) is 0 Å². The Balaban J connectivity index is 5.86. The van der Waals surface area contributed by atoms with Crippen LogP contribution in [0, 0.1) is 0 Å². The van der Waals surface area contributed by atoms with E-state index in [0.717, 1.165) is 0 Å². The van der Waals surface area contributed by atoms with Gasteiger partial charge >= 0.3 is 29.6 Å². The maximum atomic E-state index is 12.7. The molecular formula is C7H6F10O2. The molecule has 12 heteroatoms. The van der Waals surface area contributed by atoms with Crippen LogP contribution in [-0.2, 0) is 0 Å². The lowest BCUT2D eigenvalue weighted by atomic mass is 9.95. The zero-order valence-electron chi connectivity index (χ0n) is 8.59. The monoisotopic (exact) mass is 312 g/mol. The Labute approximate surface area is 98.2 Å². The molecular weight excluding hydrogens is 306 g/mol. The maximum absolute atomic E-state index is 12.7. The number of aliphatic hydroxyl groups is 2. The van der Waals surface area contributed by atoms with Gasteiger partial charge in [-0.15, -0.1) is 0 Å². The van der Waals surface area contributed by atoms with Gasteiger partial charge < -0.3 is 10.2 Å². The Kier molecular flexibility index (Phi) is 4.46. The highest BCUT2D eigenvalue weighted by atomic mass is 19.4. The minimum Gasteiger partial charge on any atom is -0.390 e. The van der Waals surface area contributed by atoms with E-state index in [1.807, 2.05) is 0 Å². The second kappa shape index (κ2) is 4.65. The molecule has 0 radical (unpaired) electrons. The van der Waals surface area contributed by atoms with Gasteiger partial charge in [-0.3, -0.25) is 0 Å². The molecule has 2 nitrogen and oxygen atoms in total. The van der Waals surface area contributed by atoms with E-state index >= 15 is 0 Å². The first-order valence-corrected chi connectivity index (χ1v) is 4.23. The summed E-state index contributed by atoms with van der Waals surface area (Å²) in [7, 11) is 0. The third kappa shape index (κ3) is 2.35. The van der Waals surface area contributed by atoms with E-state index < -0.39 is 42.8 Å². The second-order valence-corrected chi connectivity index (χ2v) is 3.45. The van der Waals surface area contributed by atoms with Gasteiger partial charge in [-0.1, -0.05) is 0 Å². The van der Waals surface area contributed by atoms with Crippen molar-refractivity contribution in [2.24, 2.45) is 0 Å². The Morgan fingerprint density at radius 3 is 0.842 bits per heavy atom. The van der Waals surface area contributed by atoms with Crippen LogP contribution < -0.4 is 0 Å². The zero-order valence-corrected chi connectivity index (χ0v) is 8.59. The van der Waals surface area contributed by atoms with Gasteiger partial charge in [-0.2, -0.15) is 43.9 Å². The van der Waals surface area contributed by atoms with Crippen molar-refractivity contribution in [2.75, 3.05) is 13.2 Å². The normalized spacial score (nSPS) is 15.8. The number of hydrogen-bond acceptors (Lipinski definition) is 2. The molecule has 0 aromatic heterocycles. The smallest absolute Gasteiger partial charge is 0.384 e. The van der Waals surface area contributed by atoms with Gasteiger partial charge in [0.15, 0.2) is 0 Å². The van der Waals surface area contributed by atoms with Crippen molar-refractivity contribution in [1.82, 2.24) is 0 Å². The number of halogens is 10. The van der Waals surface area contributed by atoms with Gasteiger partial charge in [0, 0.05) is 0 Å². The zero-order chi connectivity index (χ0) is 15.9. The summed E-state index contributed by atoms with van der Waals surface area (Å²) in [4.78, 5) is 0. The van der Waals surface area contributed by atoms with Crippen LogP contribution in [0.1, 0.15) is 0 Å². The van der Waals surface area contributed by atoms with Crippen LogP contribution in [0.3, 0.4) is 0 Å². The van der Waals surface area contributed by atoms with Gasteiger partial charge in [-0.25, -0.2) is 0 Å². The fourth-order valence-electron chi connectivity index (χ4n) is 0.855. The van der Waals surface area contributed by atoms with Crippen molar-refractivity contribution in [3.8, 4) is 0 Å². The van der Waals surface area contributed by atoms with Gasteiger partial charge in [0.1, 0.15) is 13.2 Å². The van der Waals surface area contributed by atoms with Crippen LogP contribution in [0.5, 0.6) is 0 Å². The molecule has 0 bridgehead atoms. The summed E-state index contributed by atoms with van der Waals surface area (Å²) in [6.07, 6.45) is 0. The summed E-state index contributed by atoms with van der Waals surface area (Å²) >= 11 is 0. The molecule has 0 amide bonds. The van der Waals surface area contributed by atoms with Crippen molar-refractivity contribution >= 4 is 0 Å². The van der Waals surface area contributed by atoms with Gasteiger partial charge in [-0.05, 0) is 0 Å². The number of aliphatic hydroxyl groups excluding tert-OH is 2. The summed E-state index contributed by atoms with van der Waals surface area (Å²) in [6, 6.07) is 0. The number of alkyl halides is 10. The Morgan fingerprint density at radius 1 is 0.474 bits per heavy atom. The molecule has 19 heavy (non-hydrogen) atoms. The fourth-order valence-corrected chi connectivity index (χ4v) is 0.855. The van der Waals surface area contributed by atoms with Crippen molar-refractivity contribution in [3.05, 3.63) is 0 Å². The molecule has 0 spiro atoms. The summed E-state index contributed by atoms with van der Waals surface area (Å²) in [5.41, 5.74) is 0. The van der Waals surface area contributed by atoms with E-state index in [9.17, 15) is 43.9 Å². The molecule has 2 N–H and O–H groups in total. The first-order chi connectivity index (χ1) is 8.12. The third-order valence-corrected chi connectivity index (χ3v) is 2.10. The lowest BCUT2D eigenvalue weighted by Crippen LogP contribution is -2.68. The van der Waals surface area contributed by atoms with Crippen LogP contribution in [0.4, 0.5) is 43.9 Å². The Hall–Kier alpha value is -0.780. The molecule has 0 aromatic rings. The predicted octanol–water partition coefficient (Wildman–Crippen LogP) is 2.15. The molecule has 0 aromatic carbocycles. The Bertz CT molecular complexity index is 296. The number of hydrogen-bond donors (Lipinski definition) is 2. The molecule has 0 heterocycles. The van der Waals surface area contributed by atoms with E-state index in [2.05, 4.69) is 0 Å². The lowest BCUT2D eigenvalue weighted by molar-refractivity contribution is -0.406. The highest BCUT2D eigenvalue weighted by Gasteiger charge is 2.85. The van der Waals surface area contributed by atoms with E-state index in [4.69, 9.17) is 10.2 Å². The molecule has 0 saturated carbocycles. The molecule has 0 unspecified atom stereocenters. The fraction of sp³-hybridized carbons (Fsp3) is 1.00. The molecule has 0 saturated heterocycles. The van der Waals surface area contributed by atoms with Gasteiger partial charge in [0.2, 0.25) is 0 Å². The van der Waals surface area contributed by atoms with Crippen LogP contribution in [0.15, 0.2) is 0 Å². The molecule has 0 rings (SSSR count). The summed E-state index contributed by atoms with van der Waals surface area (Å²) in [6.45, 7) is -5.95. The van der Waals surface area contributed by atoms with Crippen LogP contribution >= 0.6 is 0 Å². The van der Waals surface area contributed by atoms with E-state index in [0.29, 0.717) is 0 Å². The summed E-state index contributed by atoms with van der Waals surface area (Å²) < 4.78 is 125. The van der Waals surface area contributed by atoms with Crippen LogP contribution in [0.25, 0.3) is 0 Å². The van der Waals surface area contributed by atoms with Crippen molar-refractivity contribution in [1.29, 1.82) is 0 Å². The van der Waals surface area contributed by atoms with E-state index in [1.165, 1.54) is 0 Å². The maximum Gasteiger partial charge on any atom is 0.384 e. The highest BCUT2D eigenvalue weighted by Crippen LogP contribution is 2.56. The third-order valence-electron chi connectivity index (χ3n) is 2.10. The van der Waals surface area contributed by atoms with Crippen molar-refractivity contribution < 1.29 is 54.1 Å². The largest absolute Gasteiger partial charge is 0.390 e. The summed E-state index contributed by atoms with van der Waals surface area (Å²) in [5.74, 6) is -33.3. The molecule has 0 fully saturated rings. The predicted molar refractivity (Wildman–Crippen MR) is 38.9 cm³/mol. The molecule has 0 atom stereocenters. The van der Waals surface area contributed by atoms with Crippen LogP contribution in [-0.4, -0.2) is 53.0 Å². The first kappa shape index (κ1) is 18.2. The molecule has 0 aliphatic rings. The quantitative estimate of drug-likeness (QED) is 0.738. The SMILES string of the molecule is OCC(F)(F)C(F)(F)C(F)(F)C(F)(F)C(F)(F)CO. The average molecular weight is 312 g/mol. The van der Waals surface area contributed by atoms with Gasteiger partial charge in [0.25, 0.3) is 0 Å². The average Bonchev–Trinajstić information content (AvgIpc) is 2.27. The van der Waals surface area contributed by atoms with Crippen LogP contribution in [0.2, 0.25) is 0 Å². The Morgan fingerprint density at radius 2 is 0.684 bits per heavy atom. The summed E-state index contributed by atoms with van der Waals surface area (Å²) in [5, 5.41) is 15.5. The number of rotatable bonds is 6. The molecule has 0 aliphatic carbocycles. The molecule has 0 aliphatic heterocycles. The van der Waals surface area contributed by atoms with Gasteiger partial charge in [0.05, 0.1) is 0 Å². The second-order valence-electron chi connectivity index (χ2n) is 3.45. The first-order valence-electron chi connectivity index (χ1n) is 4.23. The van der Waals surface area contributed by atoms with Crippen molar-refractivity contribution in [3.63, 3.8) is 0 Å². The van der Waals surface area contributed by atoms with Crippen molar-refractivity contribution in [2.45, 2.75) is 29.6 Å². The topological polar surface area (TPSA) is 40.5 Å². The highest BCUT2D eigenvalue weighted by molar-refractivity contribution is 5.08. The minimum absolute atomic E-state index is 2.98. The van der Waals surface area contributed by atoms with E-state index in [-0.39, 0.29) is 0 Å². The standard InChI is InChI=1S/C7H6F10O2/c8-3(9,1-18)5(12,13)7(16,17)6(14,15)4(10,11)2-19/h18-19H,1-2H2. The molecule has 116 valence electrons.